The maximum absolute atomic E-state index is 10.6. The Morgan fingerprint density at radius 2 is 1.36 bits per heavy atom. The number of aliphatic hydroxyl groups is 1. The molecule has 0 aliphatic carbocycles. The van der Waals surface area contributed by atoms with Gasteiger partial charge in [0.25, 0.3) is 0 Å². The van der Waals surface area contributed by atoms with Crippen molar-refractivity contribution in [2.75, 3.05) is 6.61 Å². The molecule has 0 radical (unpaired) electrons. The molecule has 0 amide bonds. The molecule has 2 aliphatic rings. The normalized spacial score (nSPS) is 35.2. The Bertz CT molecular complexity index is 444. The fourth-order valence-corrected chi connectivity index (χ4v) is 15.6. The van der Waals surface area contributed by atoms with Crippen LogP contribution in [0.3, 0.4) is 0 Å². The molecular weight excluding hydrogens is 351 g/mol. The topological polar surface area (TPSA) is 57.2 Å². The second kappa shape index (κ2) is 7.73. The van der Waals surface area contributed by atoms with Crippen molar-refractivity contribution < 1.29 is 22.8 Å². The zero-order valence-electron chi connectivity index (χ0n) is 17.4. The van der Waals surface area contributed by atoms with Crippen LogP contribution in [-0.2, 0) is 17.7 Å². The first-order chi connectivity index (χ1) is 11.5. The molecule has 4 atom stereocenters. The molecule has 0 aromatic carbocycles. The maximum Gasteiger partial charge on any atom is 0.335 e. The largest absolute Gasteiger partial charge is 0.414 e. The van der Waals surface area contributed by atoms with E-state index in [0.717, 1.165) is 0 Å². The van der Waals surface area contributed by atoms with Crippen molar-refractivity contribution in [1.29, 1.82) is 0 Å². The molecule has 8 heteroatoms. The molecule has 2 saturated heterocycles. The number of rotatable bonds is 4. The van der Waals surface area contributed by atoms with E-state index in [1.54, 1.807) is 0 Å². The lowest BCUT2D eigenvalue weighted by atomic mass is 9.93. The van der Waals surface area contributed by atoms with E-state index in [1.165, 1.54) is 0 Å². The molecule has 146 valence electrons. The van der Waals surface area contributed by atoms with Gasteiger partial charge in [0.1, 0.15) is 20.1 Å². The molecule has 1 N–H and O–H groups in total. The van der Waals surface area contributed by atoms with Gasteiger partial charge in [0.2, 0.25) is 0 Å². The van der Waals surface area contributed by atoms with Gasteiger partial charge in [0.15, 0.2) is 0 Å². The summed E-state index contributed by atoms with van der Waals surface area (Å²) in [5.41, 5.74) is 1.17. The van der Waals surface area contributed by atoms with E-state index in [0.29, 0.717) is 17.7 Å². The van der Waals surface area contributed by atoms with E-state index in [2.05, 4.69) is 55.4 Å². The van der Waals surface area contributed by atoms with Gasteiger partial charge in [-0.25, -0.2) is 0 Å². The van der Waals surface area contributed by atoms with Gasteiger partial charge in [-0.1, -0.05) is 55.4 Å². The summed E-state index contributed by atoms with van der Waals surface area (Å²) >= 11 is 0. The van der Waals surface area contributed by atoms with Gasteiger partial charge in [0, 0.05) is 0 Å². The van der Waals surface area contributed by atoms with Crippen LogP contribution in [0.15, 0.2) is 0 Å². The van der Waals surface area contributed by atoms with E-state index in [-0.39, 0.29) is 29.3 Å². The SMILES string of the molecule is BC1OC2CO[Si](C(C)C)(C(C)C)O[Si](C(C)C)(C(C)C)O[C@H]2[C@H]1O. The fourth-order valence-electron chi connectivity index (χ4n) is 4.34. The summed E-state index contributed by atoms with van der Waals surface area (Å²) in [7, 11) is -3.25. The van der Waals surface area contributed by atoms with Gasteiger partial charge in [-0.15, -0.1) is 0 Å². The molecular formula is C17H37BO5Si2. The highest BCUT2D eigenvalue weighted by atomic mass is 28.5. The summed E-state index contributed by atoms with van der Waals surface area (Å²) in [4.78, 5) is 0. The molecule has 0 bridgehead atoms. The van der Waals surface area contributed by atoms with Crippen LogP contribution in [0.25, 0.3) is 0 Å². The molecule has 5 nitrogen and oxygen atoms in total. The molecule has 2 unspecified atom stereocenters. The minimum Gasteiger partial charge on any atom is -0.414 e. The smallest absolute Gasteiger partial charge is 0.335 e. The van der Waals surface area contributed by atoms with E-state index in [1.807, 2.05) is 7.85 Å². The van der Waals surface area contributed by atoms with Crippen LogP contribution in [0.1, 0.15) is 55.4 Å². The highest BCUT2D eigenvalue weighted by Gasteiger charge is 2.61. The molecule has 2 heterocycles. The van der Waals surface area contributed by atoms with Crippen molar-refractivity contribution in [3.63, 3.8) is 0 Å². The second-order valence-electron chi connectivity index (χ2n) is 8.93. The second-order valence-corrected chi connectivity index (χ2v) is 17.8. The Morgan fingerprint density at radius 1 is 0.880 bits per heavy atom. The third-order valence-corrected chi connectivity index (χ3v) is 16.2. The number of hydrogen-bond acceptors (Lipinski definition) is 5. The average Bonchev–Trinajstić information content (AvgIpc) is 2.73. The lowest BCUT2D eigenvalue weighted by Crippen LogP contribution is -2.65. The summed E-state index contributed by atoms with van der Waals surface area (Å²) in [5.74, 6) is 0. The van der Waals surface area contributed by atoms with Gasteiger partial charge in [-0.2, -0.15) is 0 Å². The standard InChI is InChI=1S/C17H37BO5Si2/c1-10(2)24(11(3)4)20-9-14-16(15(19)17(18)21-14)22-25(23-24,12(5)6)13(7)8/h10-17,19H,9,18H2,1-8H3/t14?,15-,16-,17?/m1/s1. The average molecular weight is 388 g/mol. The number of hydrogen-bond donors (Lipinski definition) is 1. The fraction of sp³-hybridized carbons (Fsp3) is 1.00. The van der Waals surface area contributed by atoms with E-state index in [9.17, 15) is 5.11 Å². The van der Waals surface area contributed by atoms with Gasteiger partial charge in [-0.3, -0.25) is 0 Å². The first-order valence-electron chi connectivity index (χ1n) is 9.83. The van der Waals surface area contributed by atoms with E-state index in [4.69, 9.17) is 17.7 Å². The lowest BCUT2D eigenvalue weighted by molar-refractivity contribution is -0.0318. The molecule has 2 aliphatic heterocycles. The van der Waals surface area contributed by atoms with Crippen molar-refractivity contribution in [2.24, 2.45) is 0 Å². The van der Waals surface area contributed by atoms with Gasteiger partial charge in [-0.05, 0) is 22.2 Å². The van der Waals surface area contributed by atoms with E-state index >= 15 is 0 Å². The Morgan fingerprint density at radius 3 is 1.80 bits per heavy atom. The van der Waals surface area contributed by atoms with E-state index < -0.39 is 23.2 Å². The Balaban J connectivity index is 2.53. The molecule has 0 saturated carbocycles. The van der Waals surface area contributed by atoms with Crippen molar-refractivity contribution in [3.05, 3.63) is 0 Å². The lowest BCUT2D eigenvalue weighted by Gasteiger charge is -2.51. The third-order valence-electron chi connectivity index (χ3n) is 5.90. The van der Waals surface area contributed by atoms with Gasteiger partial charge < -0.3 is 22.8 Å². The van der Waals surface area contributed by atoms with Crippen LogP contribution in [0, 0.1) is 0 Å². The summed E-state index contributed by atoms with van der Waals surface area (Å²) in [5, 5.41) is 10.6. The Kier molecular flexibility index (Phi) is 6.68. The van der Waals surface area contributed by atoms with Crippen LogP contribution in [-0.4, -0.2) is 61.0 Å². The zero-order chi connectivity index (χ0) is 19.2. The first-order valence-corrected chi connectivity index (χ1v) is 13.8. The number of ether oxygens (including phenoxy) is 1. The number of fused-ring (bicyclic) bond motifs is 1. The summed E-state index contributed by atoms with van der Waals surface area (Å²) in [6.07, 6.45) is -1.21. The first kappa shape index (κ1) is 21.6. The van der Waals surface area contributed by atoms with Crippen LogP contribution in [0.4, 0.5) is 0 Å². The maximum atomic E-state index is 10.6. The summed E-state index contributed by atoms with van der Waals surface area (Å²) in [6, 6.07) is -0.239. The van der Waals surface area contributed by atoms with Gasteiger partial charge >= 0.3 is 17.1 Å². The minimum absolute atomic E-state index is 0.220. The Labute approximate surface area is 156 Å². The monoisotopic (exact) mass is 388 g/mol. The highest BCUT2D eigenvalue weighted by molar-refractivity contribution is 6.83. The van der Waals surface area contributed by atoms with Crippen LogP contribution < -0.4 is 0 Å². The molecule has 0 aromatic heterocycles. The summed E-state index contributed by atoms with van der Waals surface area (Å²) in [6.45, 7) is 18.0. The molecule has 0 spiro atoms. The molecule has 25 heavy (non-hydrogen) atoms. The van der Waals surface area contributed by atoms with Crippen molar-refractivity contribution in [3.8, 4) is 0 Å². The van der Waals surface area contributed by atoms with Crippen molar-refractivity contribution in [2.45, 2.75) is 102 Å². The zero-order valence-corrected chi connectivity index (χ0v) is 19.4. The van der Waals surface area contributed by atoms with Crippen LogP contribution >= 0.6 is 0 Å². The van der Waals surface area contributed by atoms with Gasteiger partial charge in [0.05, 0.1) is 18.7 Å². The molecule has 0 aromatic rings. The quantitative estimate of drug-likeness (QED) is 0.751. The van der Waals surface area contributed by atoms with Crippen LogP contribution in [0.2, 0.25) is 22.2 Å². The molecule has 2 fully saturated rings. The van der Waals surface area contributed by atoms with Crippen molar-refractivity contribution in [1.82, 2.24) is 0 Å². The summed E-state index contributed by atoms with van der Waals surface area (Å²) < 4.78 is 26.4. The third kappa shape index (κ3) is 3.68. The predicted molar refractivity (Wildman–Crippen MR) is 107 cm³/mol. The van der Waals surface area contributed by atoms with Crippen LogP contribution in [0.5, 0.6) is 0 Å². The Hall–Kier alpha value is 0.299. The van der Waals surface area contributed by atoms with Crippen molar-refractivity contribution >= 4 is 25.0 Å². The predicted octanol–water partition coefficient (Wildman–Crippen LogP) is 2.66. The minimum atomic E-state index is -2.64. The number of aliphatic hydroxyl groups excluding tert-OH is 1. The molecule has 2 rings (SSSR count). The highest BCUT2D eigenvalue weighted by Crippen LogP contribution is 2.47.